The highest BCUT2D eigenvalue weighted by atomic mass is 35.5. The van der Waals surface area contributed by atoms with Crippen LogP contribution in [0.1, 0.15) is 5.56 Å². The zero-order valence-electron chi connectivity index (χ0n) is 15.9. The smallest absolute Gasteiger partial charge is 0.263 e. The standard InChI is InChI=1S/C19H19Cl3N2O4S2/c1-30(26,27)24-10-18(28-17-5-3-13(20)9-16(17)24)19(25)23-6-7-29-11-12-2-4-14(21)15(22)8-12/h2-5,8-9,18H,6-7,10-11H2,1H3,(H,23,25)/t18-/m0/s1. The van der Waals surface area contributed by atoms with Crippen LogP contribution in [-0.4, -0.2) is 45.5 Å². The number of benzene rings is 2. The summed E-state index contributed by atoms with van der Waals surface area (Å²) in [6.07, 6.45) is 0.130. The number of halogens is 3. The minimum absolute atomic E-state index is 0.117. The minimum atomic E-state index is -3.60. The van der Waals surface area contributed by atoms with Gasteiger partial charge in [-0.05, 0) is 35.9 Å². The maximum atomic E-state index is 12.5. The van der Waals surface area contributed by atoms with Crippen LogP contribution in [-0.2, 0) is 20.6 Å². The van der Waals surface area contributed by atoms with E-state index in [-0.39, 0.29) is 12.5 Å². The molecule has 1 N–H and O–H groups in total. The molecule has 162 valence electrons. The van der Waals surface area contributed by atoms with E-state index in [1.807, 2.05) is 12.1 Å². The highest BCUT2D eigenvalue weighted by molar-refractivity contribution is 7.98. The van der Waals surface area contributed by atoms with E-state index in [1.54, 1.807) is 30.0 Å². The van der Waals surface area contributed by atoms with Crippen LogP contribution in [0, 0.1) is 0 Å². The number of rotatable bonds is 7. The highest BCUT2D eigenvalue weighted by Gasteiger charge is 2.35. The largest absolute Gasteiger partial charge is 0.476 e. The van der Waals surface area contributed by atoms with Gasteiger partial charge in [0.05, 0.1) is 28.5 Å². The third-order valence-corrected chi connectivity index (χ3v) is 7.43. The zero-order chi connectivity index (χ0) is 21.9. The van der Waals surface area contributed by atoms with E-state index in [9.17, 15) is 13.2 Å². The summed E-state index contributed by atoms with van der Waals surface area (Å²) >= 11 is 19.5. The van der Waals surface area contributed by atoms with Crippen LogP contribution >= 0.6 is 46.6 Å². The second-order valence-electron chi connectivity index (χ2n) is 6.60. The molecule has 3 rings (SSSR count). The monoisotopic (exact) mass is 508 g/mol. The molecule has 1 heterocycles. The molecule has 0 unspecified atom stereocenters. The molecule has 0 fully saturated rings. The zero-order valence-corrected chi connectivity index (χ0v) is 19.8. The SMILES string of the molecule is CS(=O)(=O)N1C[C@@H](C(=O)NCCSCc2ccc(Cl)c(Cl)c2)Oc2ccc(Cl)cc21. The van der Waals surface area contributed by atoms with E-state index in [1.165, 1.54) is 6.07 Å². The number of sulfonamides is 1. The average molecular weight is 510 g/mol. The van der Waals surface area contributed by atoms with Gasteiger partial charge in [0.2, 0.25) is 10.0 Å². The fourth-order valence-electron chi connectivity index (χ4n) is 2.85. The summed E-state index contributed by atoms with van der Waals surface area (Å²) in [6.45, 7) is 0.297. The summed E-state index contributed by atoms with van der Waals surface area (Å²) in [6, 6.07) is 10.1. The van der Waals surface area contributed by atoms with E-state index in [2.05, 4.69) is 5.32 Å². The quantitative estimate of drug-likeness (QED) is 0.566. The molecule has 0 spiro atoms. The number of nitrogens with zero attached hydrogens (tertiary/aromatic N) is 1. The highest BCUT2D eigenvalue weighted by Crippen LogP contribution is 2.37. The van der Waals surface area contributed by atoms with E-state index in [0.29, 0.717) is 38.8 Å². The predicted octanol–water partition coefficient (Wildman–Crippen LogP) is 4.22. The molecule has 0 bridgehead atoms. The molecule has 1 aliphatic heterocycles. The van der Waals surface area contributed by atoms with Gasteiger partial charge in [-0.1, -0.05) is 40.9 Å². The first kappa shape index (κ1) is 23.3. The lowest BCUT2D eigenvalue weighted by Gasteiger charge is -2.34. The number of ether oxygens (including phenoxy) is 1. The number of fused-ring (bicyclic) bond motifs is 1. The van der Waals surface area contributed by atoms with E-state index in [0.717, 1.165) is 21.9 Å². The van der Waals surface area contributed by atoms with Crippen molar-refractivity contribution in [2.75, 3.05) is 29.4 Å². The van der Waals surface area contributed by atoms with Crippen molar-refractivity contribution in [3.05, 3.63) is 57.0 Å². The van der Waals surface area contributed by atoms with Crippen molar-refractivity contribution in [1.29, 1.82) is 0 Å². The molecule has 1 amide bonds. The number of amides is 1. The van der Waals surface area contributed by atoms with Gasteiger partial charge in [-0.25, -0.2) is 8.42 Å². The lowest BCUT2D eigenvalue weighted by Crippen LogP contribution is -2.50. The Hall–Kier alpha value is -1.32. The Morgan fingerprint density at radius 1 is 1.20 bits per heavy atom. The Kier molecular flexibility index (Phi) is 7.68. The molecule has 6 nitrogen and oxygen atoms in total. The van der Waals surface area contributed by atoms with Gasteiger partial charge in [0.1, 0.15) is 5.75 Å². The van der Waals surface area contributed by atoms with Gasteiger partial charge in [-0.2, -0.15) is 11.8 Å². The molecular weight excluding hydrogens is 491 g/mol. The molecule has 30 heavy (non-hydrogen) atoms. The van der Waals surface area contributed by atoms with Crippen LogP contribution < -0.4 is 14.4 Å². The summed E-state index contributed by atoms with van der Waals surface area (Å²) in [4.78, 5) is 12.5. The van der Waals surface area contributed by atoms with Crippen LogP contribution in [0.15, 0.2) is 36.4 Å². The van der Waals surface area contributed by atoms with E-state index >= 15 is 0 Å². The van der Waals surface area contributed by atoms with Crippen molar-refractivity contribution in [2.24, 2.45) is 0 Å². The molecule has 0 aliphatic carbocycles. The van der Waals surface area contributed by atoms with Crippen molar-refractivity contribution in [3.8, 4) is 5.75 Å². The Morgan fingerprint density at radius 2 is 1.97 bits per heavy atom. The summed E-state index contributed by atoms with van der Waals surface area (Å²) in [7, 11) is -3.60. The molecule has 2 aromatic carbocycles. The van der Waals surface area contributed by atoms with Crippen molar-refractivity contribution >= 4 is 68.2 Å². The number of anilines is 1. The number of hydrogen-bond acceptors (Lipinski definition) is 5. The van der Waals surface area contributed by atoms with Crippen molar-refractivity contribution in [3.63, 3.8) is 0 Å². The number of carbonyl (C=O) groups is 1. The molecule has 0 saturated carbocycles. The number of carbonyl (C=O) groups excluding carboxylic acids is 1. The Balaban J connectivity index is 1.54. The molecule has 0 aromatic heterocycles. The summed E-state index contributed by atoms with van der Waals surface area (Å²) in [5.74, 6) is 1.31. The van der Waals surface area contributed by atoms with Crippen molar-refractivity contribution in [2.45, 2.75) is 11.9 Å². The van der Waals surface area contributed by atoms with Gasteiger partial charge >= 0.3 is 0 Å². The molecule has 2 aromatic rings. The Bertz CT molecular complexity index is 1050. The second kappa shape index (κ2) is 9.87. The van der Waals surface area contributed by atoms with Crippen LogP contribution in [0.2, 0.25) is 15.1 Å². The fourth-order valence-corrected chi connectivity index (χ4v) is 5.05. The third-order valence-electron chi connectivity index (χ3n) is 4.28. The van der Waals surface area contributed by atoms with Gasteiger partial charge in [0.15, 0.2) is 6.10 Å². The molecular formula is C19H19Cl3N2O4S2. The molecule has 1 aliphatic rings. The molecule has 11 heteroatoms. The maximum Gasteiger partial charge on any atom is 0.263 e. The van der Waals surface area contributed by atoms with Crippen molar-refractivity contribution < 1.29 is 17.9 Å². The summed E-state index contributed by atoms with van der Waals surface area (Å²) in [5.41, 5.74) is 1.36. The second-order valence-corrected chi connectivity index (χ2v) is 10.9. The number of nitrogens with one attached hydrogen (secondary N) is 1. The summed E-state index contributed by atoms with van der Waals surface area (Å²) < 4.78 is 31.2. The molecule has 1 atom stereocenters. The third kappa shape index (κ3) is 5.88. The van der Waals surface area contributed by atoms with Crippen LogP contribution in [0.4, 0.5) is 5.69 Å². The fraction of sp³-hybridized carbons (Fsp3) is 0.316. The predicted molar refractivity (Wildman–Crippen MR) is 124 cm³/mol. The normalized spacial score (nSPS) is 16.0. The first-order valence-electron chi connectivity index (χ1n) is 8.88. The minimum Gasteiger partial charge on any atom is -0.476 e. The van der Waals surface area contributed by atoms with Crippen molar-refractivity contribution in [1.82, 2.24) is 5.32 Å². The Morgan fingerprint density at radius 3 is 2.67 bits per heavy atom. The van der Waals surface area contributed by atoms with E-state index in [4.69, 9.17) is 39.5 Å². The number of hydrogen-bond donors (Lipinski definition) is 1. The Labute approximate surface area is 194 Å². The number of thioether (sulfide) groups is 1. The van der Waals surface area contributed by atoms with Gasteiger partial charge in [0, 0.05) is 23.1 Å². The van der Waals surface area contributed by atoms with Gasteiger partial charge < -0.3 is 10.1 Å². The van der Waals surface area contributed by atoms with Gasteiger partial charge in [-0.15, -0.1) is 0 Å². The summed E-state index contributed by atoms with van der Waals surface area (Å²) in [5, 5.41) is 4.20. The maximum absolute atomic E-state index is 12.5. The van der Waals surface area contributed by atoms with Crippen LogP contribution in [0.3, 0.4) is 0 Å². The first-order valence-corrected chi connectivity index (χ1v) is 13.0. The van der Waals surface area contributed by atoms with Gasteiger partial charge in [0.25, 0.3) is 5.91 Å². The lowest BCUT2D eigenvalue weighted by molar-refractivity contribution is -0.127. The topological polar surface area (TPSA) is 75.7 Å². The van der Waals surface area contributed by atoms with Crippen LogP contribution in [0.5, 0.6) is 5.75 Å². The molecule has 0 radical (unpaired) electrons. The van der Waals surface area contributed by atoms with Gasteiger partial charge in [-0.3, -0.25) is 9.10 Å². The lowest BCUT2D eigenvalue weighted by atomic mass is 10.2. The first-order chi connectivity index (χ1) is 14.1. The average Bonchev–Trinajstić information content (AvgIpc) is 2.68. The van der Waals surface area contributed by atoms with E-state index < -0.39 is 16.1 Å². The van der Waals surface area contributed by atoms with Crippen LogP contribution in [0.25, 0.3) is 0 Å². The molecule has 0 saturated heterocycles.